The van der Waals surface area contributed by atoms with Gasteiger partial charge in [-0.3, -0.25) is 0 Å². The number of anilines is 2. The first-order valence-corrected chi connectivity index (χ1v) is 9.30. The number of hydrogen-bond acceptors (Lipinski definition) is 5. The summed E-state index contributed by atoms with van der Waals surface area (Å²) in [6, 6.07) is 6.85. The minimum atomic E-state index is -4.60. The highest BCUT2D eigenvalue weighted by Crippen LogP contribution is 2.40. The first kappa shape index (κ1) is 21.8. The smallest absolute Gasteiger partial charge is 0.421 e. The van der Waals surface area contributed by atoms with Crippen LogP contribution in [0.2, 0.25) is 0 Å². The van der Waals surface area contributed by atoms with Crippen LogP contribution in [0.25, 0.3) is 0 Å². The number of halogens is 3. The van der Waals surface area contributed by atoms with Crippen molar-refractivity contribution in [2.24, 2.45) is 0 Å². The summed E-state index contributed by atoms with van der Waals surface area (Å²) in [7, 11) is 1.52. The predicted molar refractivity (Wildman–Crippen MR) is 102 cm³/mol. The van der Waals surface area contributed by atoms with E-state index in [1.807, 2.05) is 0 Å². The Kier molecular flexibility index (Phi) is 7.48. The van der Waals surface area contributed by atoms with Gasteiger partial charge in [-0.25, -0.2) is 4.98 Å². The normalized spacial score (nSPS) is 11.6. The van der Waals surface area contributed by atoms with Gasteiger partial charge in [0.25, 0.3) is 0 Å². The van der Waals surface area contributed by atoms with Crippen LogP contribution >= 0.6 is 0 Å². The fourth-order valence-electron chi connectivity index (χ4n) is 2.59. The lowest BCUT2D eigenvalue weighted by molar-refractivity contribution is -0.137. The fraction of sp³-hybridized carbons (Fsp3) is 0.500. The minimum absolute atomic E-state index is 0.105. The number of alkyl halides is 3. The molecule has 8 heteroatoms. The molecule has 2 aromatic rings. The van der Waals surface area contributed by atoms with Gasteiger partial charge in [-0.1, -0.05) is 31.9 Å². The van der Waals surface area contributed by atoms with Crippen LogP contribution in [-0.2, 0) is 6.18 Å². The second-order valence-corrected chi connectivity index (χ2v) is 6.64. The van der Waals surface area contributed by atoms with Gasteiger partial charge in [0.1, 0.15) is 11.3 Å². The molecule has 5 nitrogen and oxygen atoms in total. The van der Waals surface area contributed by atoms with Gasteiger partial charge in [-0.2, -0.15) is 18.2 Å². The number of benzene rings is 1. The van der Waals surface area contributed by atoms with Crippen molar-refractivity contribution in [1.82, 2.24) is 9.97 Å². The quantitative estimate of drug-likeness (QED) is 0.514. The molecule has 2 rings (SSSR count). The molecule has 154 valence electrons. The van der Waals surface area contributed by atoms with Crippen LogP contribution < -0.4 is 14.4 Å². The summed E-state index contributed by atoms with van der Waals surface area (Å²) in [6.07, 6.45) is -1.15. The third-order valence-corrected chi connectivity index (χ3v) is 3.94. The fourth-order valence-corrected chi connectivity index (χ4v) is 2.59. The molecule has 0 amide bonds. The zero-order valence-corrected chi connectivity index (χ0v) is 16.6. The maximum atomic E-state index is 13.5. The molecular formula is C20H26F3N3O2. The van der Waals surface area contributed by atoms with Crippen LogP contribution in [0.1, 0.15) is 45.6 Å². The number of nitrogens with zero attached hydrogens (tertiary/aromatic N) is 3. The van der Waals surface area contributed by atoms with E-state index in [1.165, 1.54) is 11.9 Å². The maximum absolute atomic E-state index is 13.5. The zero-order chi connectivity index (χ0) is 20.7. The minimum Gasteiger partial charge on any atom is -0.491 e. The Morgan fingerprint density at radius 3 is 2.50 bits per heavy atom. The van der Waals surface area contributed by atoms with Crippen LogP contribution in [0.15, 0.2) is 30.5 Å². The van der Waals surface area contributed by atoms with E-state index in [0.717, 1.165) is 25.5 Å². The second-order valence-electron chi connectivity index (χ2n) is 6.64. The molecule has 1 heterocycles. The zero-order valence-electron chi connectivity index (χ0n) is 16.6. The lowest BCUT2D eigenvalue weighted by atomic mass is 10.2. The van der Waals surface area contributed by atoms with E-state index in [1.54, 1.807) is 38.1 Å². The van der Waals surface area contributed by atoms with Gasteiger partial charge in [-0.15, -0.1) is 0 Å². The Balaban J connectivity index is 2.40. The third-order valence-electron chi connectivity index (χ3n) is 3.94. The van der Waals surface area contributed by atoms with Crippen molar-refractivity contribution in [2.45, 2.75) is 52.3 Å². The Morgan fingerprint density at radius 2 is 1.86 bits per heavy atom. The summed E-state index contributed by atoms with van der Waals surface area (Å²) >= 11 is 0. The molecule has 1 aromatic carbocycles. The van der Waals surface area contributed by atoms with Crippen LogP contribution in [-0.4, -0.2) is 29.7 Å². The van der Waals surface area contributed by atoms with E-state index in [-0.39, 0.29) is 17.9 Å². The van der Waals surface area contributed by atoms with Gasteiger partial charge in [0.05, 0.1) is 18.4 Å². The standard InChI is InChI=1S/C20H26F3N3O2/c1-5-6-9-12-27-17-11-8-7-10-16(17)26(4)18-15(20(21,22)23)13-24-19(25-18)28-14(2)3/h7-8,10-11,13-14H,5-6,9,12H2,1-4H3. The van der Waals surface area contributed by atoms with Gasteiger partial charge in [-0.05, 0) is 32.4 Å². The van der Waals surface area contributed by atoms with E-state index >= 15 is 0 Å². The molecule has 0 N–H and O–H groups in total. The average Bonchev–Trinajstić information content (AvgIpc) is 2.63. The molecule has 0 fully saturated rings. The first-order chi connectivity index (χ1) is 13.2. The van der Waals surface area contributed by atoms with Crippen LogP contribution in [0.3, 0.4) is 0 Å². The molecule has 0 atom stereocenters. The summed E-state index contributed by atoms with van der Waals surface area (Å²) in [6.45, 7) is 6.09. The summed E-state index contributed by atoms with van der Waals surface area (Å²) in [5, 5.41) is 0. The number of aromatic nitrogens is 2. The van der Waals surface area contributed by atoms with Crippen molar-refractivity contribution < 1.29 is 22.6 Å². The monoisotopic (exact) mass is 397 g/mol. The summed E-state index contributed by atoms with van der Waals surface area (Å²) in [5.74, 6) is 0.210. The van der Waals surface area contributed by atoms with Crippen molar-refractivity contribution in [3.05, 3.63) is 36.0 Å². The molecule has 0 aliphatic rings. The molecule has 0 saturated carbocycles. The Bertz CT molecular complexity index is 767. The van der Waals surface area contributed by atoms with Crippen LogP contribution in [0.5, 0.6) is 11.8 Å². The van der Waals surface area contributed by atoms with E-state index in [0.29, 0.717) is 18.0 Å². The summed E-state index contributed by atoms with van der Waals surface area (Å²) in [5.41, 5.74) is -0.453. The van der Waals surface area contributed by atoms with E-state index in [2.05, 4.69) is 16.9 Å². The molecule has 0 aliphatic heterocycles. The van der Waals surface area contributed by atoms with Gasteiger partial charge >= 0.3 is 12.2 Å². The number of rotatable bonds is 9. The first-order valence-electron chi connectivity index (χ1n) is 9.30. The molecule has 0 spiro atoms. The molecular weight excluding hydrogens is 371 g/mol. The van der Waals surface area contributed by atoms with Crippen molar-refractivity contribution in [3.63, 3.8) is 0 Å². The topological polar surface area (TPSA) is 47.5 Å². The molecule has 0 unspecified atom stereocenters. The van der Waals surface area contributed by atoms with Crippen LogP contribution in [0, 0.1) is 0 Å². The van der Waals surface area contributed by atoms with Crippen molar-refractivity contribution in [3.8, 4) is 11.8 Å². The predicted octanol–water partition coefficient (Wildman–Crippen LogP) is 5.62. The Labute approximate surface area is 163 Å². The maximum Gasteiger partial charge on any atom is 0.421 e. The Hall–Kier alpha value is -2.51. The molecule has 0 bridgehead atoms. The summed E-state index contributed by atoms with van der Waals surface area (Å²) < 4.78 is 51.8. The second kappa shape index (κ2) is 9.61. The lowest BCUT2D eigenvalue weighted by Crippen LogP contribution is -2.20. The van der Waals surface area contributed by atoms with E-state index in [4.69, 9.17) is 9.47 Å². The largest absolute Gasteiger partial charge is 0.491 e. The lowest BCUT2D eigenvalue weighted by Gasteiger charge is -2.24. The van der Waals surface area contributed by atoms with E-state index in [9.17, 15) is 13.2 Å². The number of para-hydroxylation sites is 2. The van der Waals surface area contributed by atoms with Crippen molar-refractivity contribution in [2.75, 3.05) is 18.6 Å². The van der Waals surface area contributed by atoms with Gasteiger partial charge < -0.3 is 14.4 Å². The molecule has 0 saturated heterocycles. The highest BCUT2D eigenvalue weighted by molar-refractivity contribution is 5.68. The molecule has 1 aromatic heterocycles. The molecule has 0 radical (unpaired) electrons. The number of unbranched alkanes of at least 4 members (excludes halogenated alkanes) is 2. The van der Waals surface area contributed by atoms with Gasteiger partial charge in [0, 0.05) is 13.2 Å². The molecule has 28 heavy (non-hydrogen) atoms. The summed E-state index contributed by atoms with van der Waals surface area (Å²) in [4.78, 5) is 9.08. The van der Waals surface area contributed by atoms with Crippen molar-refractivity contribution >= 4 is 11.5 Å². The number of hydrogen-bond donors (Lipinski definition) is 0. The van der Waals surface area contributed by atoms with Gasteiger partial charge in [0.15, 0.2) is 5.82 Å². The highest BCUT2D eigenvalue weighted by Gasteiger charge is 2.37. The SMILES string of the molecule is CCCCCOc1ccccc1N(C)c1nc(OC(C)C)ncc1C(F)(F)F. The Morgan fingerprint density at radius 1 is 1.14 bits per heavy atom. The molecule has 0 aliphatic carbocycles. The van der Waals surface area contributed by atoms with E-state index < -0.39 is 11.7 Å². The number of ether oxygens (including phenoxy) is 2. The van der Waals surface area contributed by atoms with Crippen LogP contribution in [0.4, 0.5) is 24.7 Å². The highest BCUT2D eigenvalue weighted by atomic mass is 19.4. The van der Waals surface area contributed by atoms with Crippen molar-refractivity contribution in [1.29, 1.82) is 0 Å². The van der Waals surface area contributed by atoms with Gasteiger partial charge in [0.2, 0.25) is 0 Å². The third kappa shape index (κ3) is 5.74. The average molecular weight is 397 g/mol.